The molecule has 0 radical (unpaired) electrons. The monoisotopic (exact) mass is 208 g/mol. The van der Waals surface area contributed by atoms with E-state index in [2.05, 4.69) is 9.78 Å². The lowest BCUT2D eigenvalue weighted by Crippen LogP contribution is -2.12. The van der Waals surface area contributed by atoms with Gasteiger partial charge in [0.15, 0.2) is 6.10 Å². The highest BCUT2D eigenvalue weighted by Crippen LogP contribution is 2.39. The summed E-state index contributed by atoms with van der Waals surface area (Å²) in [6.45, 7) is 2.09. The van der Waals surface area contributed by atoms with Crippen molar-refractivity contribution >= 4 is 5.97 Å². The first-order chi connectivity index (χ1) is 7.33. The third-order valence-corrected chi connectivity index (χ3v) is 2.11. The molecule has 0 unspecified atom stereocenters. The smallest absolute Gasteiger partial charge is 0.352 e. The summed E-state index contributed by atoms with van der Waals surface area (Å²) in [5.74, 6) is -0.467. The number of carbonyl (C=O) groups excluding carboxylic acids is 1. The van der Waals surface area contributed by atoms with Crippen molar-refractivity contribution in [2.24, 2.45) is 0 Å². The summed E-state index contributed by atoms with van der Waals surface area (Å²) in [6, 6.07) is 9.56. The molecule has 1 heterocycles. The van der Waals surface area contributed by atoms with E-state index in [1.165, 1.54) is 0 Å². The number of ether oxygens (including phenoxy) is 1. The number of carbonyl (C=O) groups is 1. The van der Waals surface area contributed by atoms with E-state index in [9.17, 15) is 4.79 Å². The number of benzene rings is 1. The molecule has 15 heavy (non-hydrogen) atoms. The second-order valence-electron chi connectivity index (χ2n) is 3.20. The molecule has 1 fully saturated rings. The lowest BCUT2D eigenvalue weighted by molar-refractivity contribution is -0.270. The van der Waals surface area contributed by atoms with E-state index in [0.29, 0.717) is 6.61 Å². The highest BCUT2D eigenvalue weighted by Gasteiger charge is 2.48. The molecule has 1 saturated heterocycles. The number of epoxide rings is 1. The molecular formula is C11H12O4. The SMILES string of the molecule is CCOOC(=O)[C@@H]1O[C@H]1c1ccccc1. The molecule has 2 rings (SSSR count). The Morgan fingerprint density at radius 2 is 2.13 bits per heavy atom. The van der Waals surface area contributed by atoms with Crippen LogP contribution < -0.4 is 0 Å². The average molecular weight is 208 g/mol. The first kappa shape index (κ1) is 10.1. The van der Waals surface area contributed by atoms with Gasteiger partial charge in [-0.25, -0.2) is 4.79 Å². The van der Waals surface area contributed by atoms with Gasteiger partial charge in [0.05, 0.1) is 6.61 Å². The topological polar surface area (TPSA) is 48.1 Å². The number of hydrogen-bond acceptors (Lipinski definition) is 4. The molecule has 2 atom stereocenters. The van der Waals surface area contributed by atoms with Crippen LogP contribution in [0, 0.1) is 0 Å². The Morgan fingerprint density at radius 3 is 2.80 bits per heavy atom. The summed E-state index contributed by atoms with van der Waals surface area (Å²) in [7, 11) is 0. The van der Waals surface area contributed by atoms with Gasteiger partial charge < -0.3 is 4.74 Å². The molecule has 0 saturated carbocycles. The molecular weight excluding hydrogens is 196 g/mol. The maximum absolute atomic E-state index is 11.3. The first-order valence-corrected chi connectivity index (χ1v) is 4.86. The fourth-order valence-electron chi connectivity index (χ4n) is 1.35. The van der Waals surface area contributed by atoms with Crippen LogP contribution in [0.2, 0.25) is 0 Å². The maximum atomic E-state index is 11.3. The van der Waals surface area contributed by atoms with E-state index >= 15 is 0 Å². The summed E-state index contributed by atoms with van der Waals surface area (Å²) in [5, 5.41) is 0. The molecule has 0 spiro atoms. The van der Waals surface area contributed by atoms with Crippen LogP contribution in [-0.2, 0) is 19.3 Å². The van der Waals surface area contributed by atoms with Crippen LogP contribution in [0.5, 0.6) is 0 Å². The van der Waals surface area contributed by atoms with Gasteiger partial charge in [0.1, 0.15) is 6.10 Å². The number of rotatable bonds is 4. The van der Waals surface area contributed by atoms with Gasteiger partial charge in [0, 0.05) is 0 Å². The van der Waals surface area contributed by atoms with Gasteiger partial charge in [-0.1, -0.05) is 30.3 Å². The van der Waals surface area contributed by atoms with E-state index in [1.807, 2.05) is 30.3 Å². The second-order valence-corrected chi connectivity index (χ2v) is 3.20. The molecule has 0 aromatic heterocycles. The number of hydrogen-bond donors (Lipinski definition) is 0. The maximum Gasteiger partial charge on any atom is 0.373 e. The molecule has 0 N–H and O–H groups in total. The van der Waals surface area contributed by atoms with Gasteiger partial charge in [-0.2, -0.15) is 4.89 Å². The third kappa shape index (κ3) is 2.34. The Kier molecular flexibility index (Phi) is 2.99. The molecule has 0 amide bonds. The van der Waals surface area contributed by atoms with E-state index in [1.54, 1.807) is 6.92 Å². The minimum Gasteiger partial charge on any atom is -0.352 e. The highest BCUT2D eigenvalue weighted by molar-refractivity contribution is 5.77. The zero-order valence-corrected chi connectivity index (χ0v) is 8.38. The Bertz CT molecular complexity index is 336. The van der Waals surface area contributed by atoms with Crippen LogP contribution in [0.3, 0.4) is 0 Å². The van der Waals surface area contributed by atoms with Crippen LogP contribution >= 0.6 is 0 Å². The zero-order valence-electron chi connectivity index (χ0n) is 8.38. The Hall–Kier alpha value is -1.39. The van der Waals surface area contributed by atoms with Gasteiger partial charge in [-0.15, -0.1) is 0 Å². The molecule has 1 aromatic carbocycles. The molecule has 1 aliphatic rings. The minimum atomic E-state index is -0.515. The predicted molar refractivity (Wildman–Crippen MR) is 51.8 cm³/mol. The lowest BCUT2D eigenvalue weighted by Gasteiger charge is -1.97. The van der Waals surface area contributed by atoms with Crippen molar-refractivity contribution in [2.45, 2.75) is 19.1 Å². The molecule has 4 nitrogen and oxygen atoms in total. The summed E-state index contributed by atoms with van der Waals surface area (Å²) >= 11 is 0. The largest absolute Gasteiger partial charge is 0.373 e. The molecule has 80 valence electrons. The Morgan fingerprint density at radius 1 is 1.40 bits per heavy atom. The van der Waals surface area contributed by atoms with Crippen LogP contribution in [0.1, 0.15) is 18.6 Å². The fourth-order valence-corrected chi connectivity index (χ4v) is 1.35. The normalized spacial score (nSPS) is 23.5. The van der Waals surface area contributed by atoms with Gasteiger partial charge in [-0.3, -0.25) is 4.89 Å². The second kappa shape index (κ2) is 4.42. The first-order valence-electron chi connectivity index (χ1n) is 4.86. The summed E-state index contributed by atoms with van der Waals surface area (Å²) in [4.78, 5) is 20.3. The van der Waals surface area contributed by atoms with Crippen LogP contribution in [-0.4, -0.2) is 18.7 Å². The molecule has 1 aliphatic heterocycles. The van der Waals surface area contributed by atoms with E-state index in [-0.39, 0.29) is 6.10 Å². The fraction of sp³-hybridized carbons (Fsp3) is 0.364. The van der Waals surface area contributed by atoms with Crippen molar-refractivity contribution in [1.29, 1.82) is 0 Å². The zero-order chi connectivity index (χ0) is 10.7. The summed E-state index contributed by atoms with van der Waals surface area (Å²) < 4.78 is 5.21. The van der Waals surface area contributed by atoms with Crippen molar-refractivity contribution in [3.8, 4) is 0 Å². The molecule has 0 aliphatic carbocycles. The van der Waals surface area contributed by atoms with E-state index < -0.39 is 12.1 Å². The quantitative estimate of drug-likeness (QED) is 0.428. The van der Waals surface area contributed by atoms with E-state index in [4.69, 9.17) is 4.74 Å². The Labute approximate surface area is 87.7 Å². The minimum absolute atomic E-state index is 0.181. The summed E-state index contributed by atoms with van der Waals surface area (Å²) in [6.07, 6.45) is -0.696. The third-order valence-electron chi connectivity index (χ3n) is 2.11. The van der Waals surface area contributed by atoms with Gasteiger partial charge in [0.2, 0.25) is 0 Å². The van der Waals surface area contributed by atoms with Gasteiger partial charge in [0.25, 0.3) is 0 Å². The van der Waals surface area contributed by atoms with Crippen molar-refractivity contribution in [3.63, 3.8) is 0 Å². The molecule has 4 heteroatoms. The van der Waals surface area contributed by atoms with Crippen LogP contribution in [0.15, 0.2) is 30.3 Å². The van der Waals surface area contributed by atoms with Crippen LogP contribution in [0.25, 0.3) is 0 Å². The van der Waals surface area contributed by atoms with Crippen molar-refractivity contribution in [1.82, 2.24) is 0 Å². The standard InChI is InChI=1S/C11H12O4/c1-2-13-15-11(12)10-9(14-10)8-6-4-3-5-7-8/h3-7,9-10H,2H2,1H3/t9-,10+/m0/s1. The van der Waals surface area contributed by atoms with E-state index in [0.717, 1.165) is 5.56 Å². The van der Waals surface area contributed by atoms with Crippen molar-refractivity contribution in [2.75, 3.05) is 6.61 Å². The Balaban J connectivity index is 1.88. The molecule has 0 bridgehead atoms. The molecule has 1 aromatic rings. The van der Waals surface area contributed by atoms with Gasteiger partial charge >= 0.3 is 5.97 Å². The van der Waals surface area contributed by atoms with Crippen molar-refractivity contribution < 1.29 is 19.3 Å². The van der Waals surface area contributed by atoms with Gasteiger partial charge in [-0.05, 0) is 12.5 Å². The summed E-state index contributed by atoms with van der Waals surface area (Å²) in [5.41, 5.74) is 0.982. The van der Waals surface area contributed by atoms with Crippen molar-refractivity contribution in [3.05, 3.63) is 35.9 Å². The van der Waals surface area contributed by atoms with Crippen LogP contribution in [0.4, 0.5) is 0 Å². The lowest BCUT2D eigenvalue weighted by atomic mass is 10.1. The highest BCUT2D eigenvalue weighted by atomic mass is 17.2. The predicted octanol–water partition coefficient (Wildman–Crippen LogP) is 1.62. The average Bonchev–Trinajstić information content (AvgIpc) is 3.07.